The zero-order valence-electron chi connectivity index (χ0n) is 15.4. The van der Waals surface area contributed by atoms with Gasteiger partial charge in [-0.2, -0.15) is 0 Å². The number of H-pyrrole nitrogens is 1. The van der Waals surface area contributed by atoms with E-state index in [0.29, 0.717) is 11.4 Å². The van der Waals surface area contributed by atoms with Crippen LogP contribution in [0.1, 0.15) is 47.6 Å². The molecule has 7 nitrogen and oxygen atoms in total. The number of imidazole rings is 1. The largest absolute Gasteiger partial charge is 0.342 e. The lowest BCUT2D eigenvalue weighted by molar-refractivity contribution is -0.139. The van der Waals surface area contributed by atoms with E-state index in [1.807, 2.05) is 31.2 Å². The molecule has 142 valence electrons. The molecule has 0 aliphatic carbocycles. The van der Waals surface area contributed by atoms with Crippen molar-refractivity contribution in [3.63, 3.8) is 0 Å². The number of aromatic amines is 1. The fourth-order valence-corrected chi connectivity index (χ4v) is 3.27. The zero-order chi connectivity index (χ0) is 19.7. The number of carbonyl (C=O) groups is 3. The van der Waals surface area contributed by atoms with Crippen molar-refractivity contribution in [2.24, 2.45) is 0 Å². The Hall–Kier alpha value is -3.48. The van der Waals surface area contributed by atoms with Gasteiger partial charge in [-0.1, -0.05) is 24.3 Å². The molecule has 28 heavy (non-hydrogen) atoms. The van der Waals surface area contributed by atoms with Gasteiger partial charge in [0.15, 0.2) is 0 Å². The van der Waals surface area contributed by atoms with Crippen molar-refractivity contribution < 1.29 is 14.4 Å². The number of hydrogen-bond donors (Lipinski definition) is 2. The highest BCUT2D eigenvalue weighted by Crippen LogP contribution is 2.18. The third-order valence-electron chi connectivity index (χ3n) is 4.88. The summed E-state index contributed by atoms with van der Waals surface area (Å²) >= 11 is 0. The van der Waals surface area contributed by atoms with E-state index in [2.05, 4.69) is 15.3 Å². The van der Waals surface area contributed by atoms with Crippen molar-refractivity contribution in [1.29, 1.82) is 0 Å². The molecule has 2 heterocycles. The summed E-state index contributed by atoms with van der Waals surface area (Å²) in [5.74, 6) is 0.183. The Bertz CT molecular complexity index is 1010. The number of aromatic nitrogens is 2. The highest BCUT2D eigenvalue weighted by molar-refractivity contribution is 6.01. The molecule has 7 heteroatoms. The number of likely N-dealkylation sites (tertiary alicyclic amines) is 1. The molecule has 1 aromatic heterocycles. The summed E-state index contributed by atoms with van der Waals surface area (Å²) in [5, 5.41) is 2.93. The van der Waals surface area contributed by atoms with Gasteiger partial charge >= 0.3 is 0 Å². The van der Waals surface area contributed by atoms with E-state index in [1.54, 1.807) is 24.3 Å². The second kappa shape index (κ2) is 7.26. The molecule has 2 aromatic carbocycles. The van der Waals surface area contributed by atoms with E-state index in [9.17, 15) is 14.4 Å². The maximum absolute atomic E-state index is 12.5. The Morgan fingerprint density at radius 2 is 1.79 bits per heavy atom. The topological polar surface area (TPSA) is 95.2 Å². The number of nitrogens with one attached hydrogen (secondary N) is 2. The van der Waals surface area contributed by atoms with Gasteiger partial charge < -0.3 is 10.3 Å². The second-order valence-corrected chi connectivity index (χ2v) is 6.90. The minimum Gasteiger partial charge on any atom is -0.342 e. The highest BCUT2D eigenvalue weighted by atomic mass is 16.2. The van der Waals surface area contributed by atoms with Gasteiger partial charge in [0.1, 0.15) is 5.82 Å². The summed E-state index contributed by atoms with van der Waals surface area (Å²) in [6.07, 6.45) is 0.554. The number of rotatable bonds is 5. The summed E-state index contributed by atoms with van der Waals surface area (Å²) in [6, 6.07) is 14.3. The van der Waals surface area contributed by atoms with Crippen molar-refractivity contribution in [3.8, 4) is 0 Å². The molecule has 1 fully saturated rings. The molecular formula is C21H20N4O3. The van der Waals surface area contributed by atoms with Gasteiger partial charge in [0, 0.05) is 18.4 Å². The Morgan fingerprint density at radius 3 is 2.46 bits per heavy atom. The van der Waals surface area contributed by atoms with Crippen molar-refractivity contribution in [2.45, 2.75) is 32.4 Å². The van der Waals surface area contributed by atoms with Gasteiger partial charge in [0.05, 0.1) is 23.6 Å². The SMILES string of the molecule is CC(NC(=O)c1ccc(CN2C(=O)CCC2=O)cc1)c1nc2ccccc2[nH]1. The smallest absolute Gasteiger partial charge is 0.251 e. The lowest BCUT2D eigenvalue weighted by Gasteiger charge is -2.14. The van der Waals surface area contributed by atoms with Gasteiger partial charge in [-0.05, 0) is 36.8 Å². The van der Waals surface area contributed by atoms with E-state index in [1.165, 1.54) is 4.90 Å². The van der Waals surface area contributed by atoms with Crippen LogP contribution in [0.15, 0.2) is 48.5 Å². The minimum atomic E-state index is -0.278. The zero-order valence-corrected chi connectivity index (χ0v) is 15.4. The van der Waals surface area contributed by atoms with Crippen LogP contribution in [0.25, 0.3) is 11.0 Å². The first-order valence-electron chi connectivity index (χ1n) is 9.19. The van der Waals surface area contributed by atoms with E-state index < -0.39 is 0 Å². The summed E-state index contributed by atoms with van der Waals surface area (Å²) in [4.78, 5) is 44.9. The van der Waals surface area contributed by atoms with Gasteiger partial charge in [0.25, 0.3) is 5.91 Å². The average Bonchev–Trinajstić information content (AvgIpc) is 3.27. The van der Waals surface area contributed by atoms with Crippen LogP contribution in [0, 0.1) is 0 Å². The number of benzene rings is 2. The van der Waals surface area contributed by atoms with E-state index in [0.717, 1.165) is 16.6 Å². The Kier molecular flexibility index (Phi) is 4.65. The lowest BCUT2D eigenvalue weighted by atomic mass is 10.1. The molecular weight excluding hydrogens is 356 g/mol. The summed E-state index contributed by atoms with van der Waals surface area (Å²) < 4.78 is 0. The monoisotopic (exact) mass is 376 g/mol. The maximum Gasteiger partial charge on any atom is 0.251 e. The Morgan fingerprint density at radius 1 is 1.11 bits per heavy atom. The fraction of sp³-hybridized carbons (Fsp3) is 0.238. The average molecular weight is 376 g/mol. The highest BCUT2D eigenvalue weighted by Gasteiger charge is 2.28. The van der Waals surface area contributed by atoms with Gasteiger partial charge in [-0.15, -0.1) is 0 Å². The lowest BCUT2D eigenvalue weighted by Crippen LogP contribution is -2.28. The third-order valence-corrected chi connectivity index (χ3v) is 4.88. The van der Waals surface area contributed by atoms with Crippen LogP contribution >= 0.6 is 0 Å². The number of hydrogen-bond acceptors (Lipinski definition) is 4. The van der Waals surface area contributed by atoms with Crippen molar-refractivity contribution >= 4 is 28.8 Å². The van der Waals surface area contributed by atoms with Crippen LogP contribution in [0.2, 0.25) is 0 Å². The van der Waals surface area contributed by atoms with Crippen molar-refractivity contribution in [1.82, 2.24) is 20.2 Å². The predicted octanol–water partition coefficient (Wildman–Crippen LogP) is 2.70. The molecule has 1 aliphatic rings. The molecule has 0 bridgehead atoms. The van der Waals surface area contributed by atoms with E-state index >= 15 is 0 Å². The number of carbonyl (C=O) groups excluding carboxylic acids is 3. The van der Waals surface area contributed by atoms with E-state index in [4.69, 9.17) is 0 Å². The van der Waals surface area contributed by atoms with Crippen LogP contribution in [0.3, 0.4) is 0 Å². The van der Waals surface area contributed by atoms with Crippen LogP contribution in [0.5, 0.6) is 0 Å². The first-order chi connectivity index (χ1) is 13.5. The third kappa shape index (κ3) is 3.51. The number of imide groups is 1. The molecule has 1 aliphatic heterocycles. The van der Waals surface area contributed by atoms with Gasteiger partial charge in [0.2, 0.25) is 11.8 Å². The molecule has 1 unspecified atom stereocenters. The van der Waals surface area contributed by atoms with Gasteiger partial charge in [-0.3, -0.25) is 19.3 Å². The molecule has 3 amide bonds. The molecule has 3 aromatic rings. The van der Waals surface area contributed by atoms with Crippen molar-refractivity contribution in [3.05, 3.63) is 65.5 Å². The molecule has 1 atom stereocenters. The van der Waals surface area contributed by atoms with Crippen molar-refractivity contribution in [2.75, 3.05) is 0 Å². The normalized spacial score (nSPS) is 15.2. The fourth-order valence-electron chi connectivity index (χ4n) is 3.27. The first kappa shape index (κ1) is 17.9. The van der Waals surface area contributed by atoms with Crippen LogP contribution in [-0.2, 0) is 16.1 Å². The predicted molar refractivity (Wildman–Crippen MR) is 103 cm³/mol. The summed E-state index contributed by atoms with van der Waals surface area (Å²) in [7, 11) is 0. The quantitative estimate of drug-likeness (QED) is 0.669. The molecule has 0 spiro atoms. The molecule has 0 radical (unpaired) electrons. The minimum absolute atomic E-state index is 0.147. The molecule has 0 saturated carbocycles. The number of amides is 3. The second-order valence-electron chi connectivity index (χ2n) is 6.90. The van der Waals surface area contributed by atoms with Gasteiger partial charge in [-0.25, -0.2) is 4.98 Å². The Balaban J connectivity index is 1.41. The molecule has 4 rings (SSSR count). The summed E-state index contributed by atoms with van der Waals surface area (Å²) in [5.41, 5.74) is 3.10. The standard InChI is InChI=1S/C21H20N4O3/c1-13(20-23-16-4-2-3-5-17(16)24-20)22-21(28)15-8-6-14(7-9-15)12-25-18(26)10-11-19(25)27/h2-9,13H,10-12H2,1H3,(H,22,28)(H,23,24). The van der Waals surface area contributed by atoms with Crippen LogP contribution < -0.4 is 5.32 Å². The first-order valence-corrected chi connectivity index (χ1v) is 9.19. The summed E-state index contributed by atoms with van der Waals surface area (Å²) in [6.45, 7) is 2.11. The number of fused-ring (bicyclic) bond motifs is 1. The van der Waals surface area contributed by atoms with Crippen LogP contribution in [0.4, 0.5) is 0 Å². The molecule has 2 N–H and O–H groups in total. The molecule has 1 saturated heterocycles. The number of para-hydroxylation sites is 2. The Labute approximate surface area is 161 Å². The number of nitrogens with zero attached hydrogens (tertiary/aromatic N) is 2. The van der Waals surface area contributed by atoms with E-state index in [-0.39, 0.29) is 43.1 Å². The van der Waals surface area contributed by atoms with Crippen LogP contribution in [-0.4, -0.2) is 32.6 Å². The maximum atomic E-state index is 12.5.